The van der Waals surface area contributed by atoms with Gasteiger partial charge in [0.2, 0.25) is 15.9 Å². The smallest absolute Gasteiger partial charge is 0.243 e. The number of carbonyl (C=O) groups is 1. The van der Waals surface area contributed by atoms with E-state index < -0.39 is 21.8 Å². The molecule has 0 radical (unpaired) electrons. The van der Waals surface area contributed by atoms with E-state index in [2.05, 4.69) is 5.32 Å². The first-order valence-corrected chi connectivity index (χ1v) is 9.93. The number of nitrogens with one attached hydrogen (secondary N) is 1. The molecule has 2 aromatic rings. The van der Waals surface area contributed by atoms with Gasteiger partial charge in [0.1, 0.15) is 5.82 Å². The van der Waals surface area contributed by atoms with E-state index in [0.29, 0.717) is 25.1 Å². The van der Waals surface area contributed by atoms with E-state index in [4.69, 9.17) is 0 Å². The van der Waals surface area contributed by atoms with E-state index in [9.17, 15) is 17.6 Å². The lowest BCUT2D eigenvalue weighted by atomic mass is 9.98. The van der Waals surface area contributed by atoms with Gasteiger partial charge >= 0.3 is 0 Å². The van der Waals surface area contributed by atoms with Gasteiger partial charge in [-0.3, -0.25) is 4.79 Å². The molecule has 1 atom stereocenters. The Bertz CT molecular complexity index is 897. The minimum Gasteiger partial charge on any atom is -0.326 e. The van der Waals surface area contributed by atoms with Crippen molar-refractivity contribution in [2.75, 3.05) is 18.4 Å². The first kappa shape index (κ1) is 18.5. The molecule has 2 aromatic carbocycles. The second kappa shape index (κ2) is 7.55. The van der Waals surface area contributed by atoms with E-state index in [1.165, 1.54) is 16.4 Å². The molecular formula is C19H21FN2O3S. The molecule has 0 aliphatic carbocycles. The van der Waals surface area contributed by atoms with Crippen LogP contribution in [0.1, 0.15) is 18.4 Å². The van der Waals surface area contributed by atoms with Crippen LogP contribution in [-0.2, 0) is 14.8 Å². The average Bonchev–Trinajstić information content (AvgIpc) is 2.62. The quantitative estimate of drug-likeness (QED) is 0.891. The fourth-order valence-electron chi connectivity index (χ4n) is 3.10. The standard InChI is InChI=1S/C19H21FN2O3S/c1-14-4-2-6-17(12-14)21-19(23)15-5-3-11-22(13-15)26(24,25)18-9-7-16(20)8-10-18/h2,4,6-10,12,15H,3,5,11,13H2,1H3,(H,21,23). The summed E-state index contributed by atoms with van der Waals surface area (Å²) >= 11 is 0. The van der Waals surface area contributed by atoms with E-state index >= 15 is 0 Å². The maximum atomic E-state index is 13.1. The number of hydrogen-bond donors (Lipinski definition) is 1. The van der Waals surface area contributed by atoms with Crippen LogP contribution in [0, 0.1) is 18.7 Å². The van der Waals surface area contributed by atoms with Gasteiger partial charge in [0, 0.05) is 18.8 Å². The summed E-state index contributed by atoms with van der Waals surface area (Å²) in [6.07, 6.45) is 1.24. The molecule has 5 nitrogen and oxygen atoms in total. The summed E-state index contributed by atoms with van der Waals surface area (Å²) in [6, 6.07) is 12.2. The van der Waals surface area contributed by atoms with Gasteiger partial charge in [0.25, 0.3) is 0 Å². The molecule has 1 saturated heterocycles. The molecule has 0 aromatic heterocycles. The fraction of sp³-hybridized carbons (Fsp3) is 0.316. The van der Waals surface area contributed by atoms with Gasteiger partial charge in [0.15, 0.2) is 0 Å². The summed E-state index contributed by atoms with van der Waals surface area (Å²) < 4.78 is 39.9. The number of carbonyl (C=O) groups excluding carboxylic acids is 1. The second-order valence-corrected chi connectivity index (χ2v) is 8.45. The molecule has 1 amide bonds. The summed E-state index contributed by atoms with van der Waals surface area (Å²) in [7, 11) is -3.74. The van der Waals surface area contributed by atoms with Crippen LogP contribution in [0.15, 0.2) is 53.4 Å². The van der Waals surface area contributed by atoms with Crippen LogP contribution >= 0.6 is 0 Å². The number of rotatable bonds is 4. The van der Waals surface area contributed by atoms with Crippen LogP contribution in [0.5, 0.6) is 0 Å². The second-order valence-electron chi connectivity index (χ2n) is 6.51. The monoisotopic (exact) mass is 376 g/mol. The number of hydrogen-bond acceptors (Lipinski definition) is 3. The van der Waals surface area contributed by atoms with Gasteiger partial charge in [0.05, 0.1) is 10.8 Å². The zero-order valence-electron chi connectivity index (χ0n) is 14.5. The molecule has 3 rings (SSSR count). The highest BCUT2D eigenvalue weighted by atomic mass is 32.2. The van der Waals surface area contributed by atoms with Crippen LogP contribution < -0.4 is 5.32 Å². The number of anilines is 1. The molecule has 1 N–H and O–H groups in total. The predicted molar refractivity (Wildman–Crippen MR) is 97.7 cm³/mol. The maximum Gasteiger partial charge on any atom is 0.243 e. The third-order valence-electron chi connectivity index (χ3n) is 4.49. The number of piperidine rings is 1. The Morgan fingerprint density at radius 1 is 1.19 bits per heavy atom. The average molecular weight is 376 g/mol. The summed E-state index contributed by atoms with van der Waals surface area (Å²) in [5, 5.41) is 2.86. The molecule has 0 saturated carbocycles. The van der Waals surface area contributed by atoms with Crippen molar-refractivity contribution in [1.29, 1.82) is 0 Å². The van der Waals surface area contributed by atoms with Crippen molar-refractivity contribution < 1.29 is 17.6 Å². The molecule has 0 spiro atoms. The molecule has 1 heterocycles. The maximum absolute atomic E-state index is 13.1. The number of nitrogens with zero attached hydrogens (tertiary/aromatic N) is 1. The molecule has 26 heavy (non-hydrogen) atoms. The van der Waals surface area contributed by atoms with Crippen LogP contribution in [0.4, 0.5) is 10.1 Å². The van der Waals surface area contributed by atoms with Gasteiger partial charge < -0.3 is 5.32 Å². The van der Waals surface area contributed by atoms with Crippen molar-refractivity contribution in [2.45, 2.75) is 24.7 Å². The first-order valence-electron chi connectivity index (χ1n) is 8.49. The predicted octanol–water partition coefficient (Wildman–Crippen LogP) is 3.17. The highest BCUT2D eigenvalue weighted by Crippen LogP contribution is 2.25. The molecule has 1 unspecified atom stereocenters. The molecule has 138 valence electrons. The Balaban J connectivity index is 1.72. The van der Waals surface area contributed by atoms with Crippen molar-refractivity contribution in [3.05, 3.63) is 59.9 Å². The molecule has 1 aliphatic heterocycles. The number of aryl methyl sites for hydroxylation is 1. The number of amides is 1. The van der Waals surface area contributed by atoms with E-state index in [0.717, 1.165) is 17.7 Å². The lowest BCUT2D eigenvalue weighted by Crippen LogP contribution is -2.43. The van der Waals surface area contributed by atoms with Gasteiger partial charge in [-0.15, -0.1) is 0 Å². The van der Waals surface area contributed by atoms with Gasteiger partial charge in [-0.05, 0) is 61.7 Å². The highest BCUT2D eigenvalue weighted by molar-refractivity contribution is 7.89. The fourth-order valence-corrected chi connectivity index (χ4v) is 4.62. The van der Waals surface area contributed by atoms with Crippen molar-refractivity contribution >= 4 is 21.6 Å². The largest absolute Gasteiger partial charge is 0.326 e. The lowest BCUT2D eigenvalue weighted by molar-refractivity contribution is -0.120. The molecule has 0 bridgehead atoms. The van der Waals surface area contributed by atoms with E-state index in [1.54, 1.807) is 6.07 Å². The normalized spacial score (nSPS) is 18.5. The van der Waals surface area contributed by atoms with Crippen LogP contribution in [-0.4, -0.2) is 31.7 Å². The third-order valence-corrected chi connectivity index (χ3v) is 6.37. The lowest BCUT2D eigenvalue weighted by Gasteiger charge is -2.31. The van der Waals surface area contributed by atoms with Gasteiger partial charge in [-0.1, -0.05) is 12.1 Å². The van der Waals surface area contributed by atoms with E-state index in [-0.39, 0.29) is 17.3 Å². The van der Waals surface area contributed by atoms with Crippen LogP contribution in [0.3, 0.4) is 0 Å². The minimum absolute atomic E-state index is 0.0404. The third kappa shape index (κ3) is 4.11. The number of halogens is 1. The minimum atomic E-state index is -3.74. The Labute approximate surface area is 152 Å². The molecule has 1 aliphatic rings. The molecular weight excluding hydrogens is 355 g/mol. The molecule has 7 heteroatoms. The van der Waals surface area contributed by atoms with Crippen molar-refractivity contribution in [3.63, 3.8) is 0 Å². The number of sulfonamides is 1. The van der Waals surface area contributed by atoms with E-state index in [1.807, 2.05) is 25.1 Å². The first-order chi connectivity index (χ1) is 12.4. The Morgan fingerprint density at radius 2 is 1.92 bits per heavy atom. The van der Waals surface area contributed by atoms with Crippen molar-refractivity contribution in [2.24, 2.45) is 5.92 Å². The molecule has 1 fully saturated rings. The summed E-state index contributed by atoms with van der Waals surface area (Å²) in [5.41, 5.74) is 1.74. The SMILES string of the molecule is Cc1cccc(NC(=O)C2CCCN(S(=O)(=O)c3ccc(F)cc3)C2)c1. The van der Waals surface area contributed by atoms with Crippen molar-refractivity contribution in [3.8, 4) is 0 Å². The Morgan fingerprint density at radius 3 is 2.62 bits per heavy atom. The van der Waals surface area contributed by atoms with Crippen molar-refractivity contribution in [1.82, 2.24) is 4.31 Å². The zero-order chi connectivity index (χ0) is 18.7. The highest BCUT2D eigenvalue weighted by Gasteiger charge is 2.33. The van der Waals surface area contributed by atoms with Gasteiger partial charge in [-0.25, -0.2) is 12.8 Å². The van der Waals surface area contributed by atoms with Crippen LogP contribution in [0.25, 0.3) is 0 Å². The topological polar surface area (TPSA) is 66.5 Å². The van der Waals surface area contributed by atoms with Crippen LogP contribution in [0.2, 0.25) is 0 Å². The summed E-state index contributed by atoms with van der Waals surface area (Å²) in [5.74, 6) is -1.09. The Kier molecular flexibility index (Phi) is 5.38. The summed E-state index contributed by atoms with van der Waals surface area (Å²) in [4.78, 5) is 12.6. The van der Waals surface area contributed by atoms with Gasteiger partial charge in [-0.2, -0.15) is 4.31 Å². The Hall–Kier alpha value is -2.25. The summed E-state index contributed by atoms with van der Waals surface area (Å²) in [6.45, 7) is 2.42. The zero-order valence-corrected chi connectivity index (χ0v) is 15.3. The number of benzene rings is 2.